The van der Waals surface area contributed by atoms with Crippen molar-refractivity contribution in [2.45, 2.75) is 268 Å². The van der Waals surface area contributed by atoms with Crippen LogP contribution in [-0.4, -0.2) is 60.7 Å². The summed E-state index contributed by atoms with van der Waals surface area (Å²) in [5.74, 6) is 3.10. The maximum atomic E-state index is 5.38. The fourth-order valence-corrected chi connectivity index (χ4v) is 11.3. The topological polar surface area (TPSA) is 66.0 Å². The minimum atomic E-state index is 0.0375. The minimum Gasteiger partial charge on any atom is -0.334 e. The van der Waals surface area contributed by atoms with Gasteiger partial charge in [-0.05, 0) is 93.9 Å². The lowest BCUT2D eigenvalue weighted by molar-refractivity contribution is 0.122. The molecule has 0 unspecified atom stereocenters. The van der Waals surface area contributed by atoms with Gasteiger partial charge in [0.25, 0.3) is 0 Å². The standard InChI is InChI=1S/C45H86N6S2/c1-11-13-15-17-19-21-23-25-27-29-31-52-40-46-39(47-41(48-40)53-32-30-28-26-24-22-20-18-16-14-12-2)51(37-33-42(3,4)49-43(5,6)34-37)38-35-44(7,8)50-45(9,10)36-38/h37-38,49-50H,11-36H2,1-10H3. The summed E-state index contributed by atoms with van der Waals surface area (Å²) in [6.45, 7) is 23.6. The number of nitrogens with one attached hydrogen (secondary N) is 2. The summed E-state index contributed by atoms with van der Waals surface area (Å²) in [4.78, 5) is 18.6. The second kappa shape index (κ2) is 23.6. The molecule has 8 heteroatoms. The van der Waals surface area contributed by atoms with Gasteiger partial charge < -0.3 is 15.5 Å². The van der Waals surface area contributed by atoms with Crippen LogP contribution < -0.4 is 15.5 Å². The highest BCUT2D eigenvalue weighted by molar-refractivity contribution is 7.99. The van der Waals surface area contributed by atoms with E-state index in [9.17, 15) is 0 Å². The van der Waals surface area contributed by atoms with E-state index in [0.717, 1.165) is 53.5 Å². The van der Waals surface area contributed by atoms with Gasteiger partial charge in [0.15, 0.2) is 10.3 Å². The quantitative estimate of drug-likeness (QED) is 0.0677. The first-order valence-electron chi connectivity index (χ1n) is 22.5. The highest BCUT2D eigenvalue weighted by Gasteiger charge is 2.47. The molecule has 0 radical (unpaired) electrons. The smallest absolute Gasteiger partial charge is 0.230 e. The van der Waals surface area contributed by atoms with Crippen molar-refractivity contribution in [1.29, 1.82) is 0 Å². The van der Waals surface area contributed by atoms with Gasteiger partial charge in [0.05, 0.1) is 0 Å². The van der Waals surface area contributed by atoms with Crippen molar-refractivity contribution in [3.05, 3.63) is 0 Å². The molecule has 3 rings (SSSR count). The number of hydrogen-bond donors (Lipinski definition) is 2. The number of aromatic nitrogens is 3. The molecule has 0 amide bonds. The van der Waals surface area contributed by atoms with Gasteiger partial charge in [-0.25, -0.2) is 0 Å². The molecule has 2 aliphatic rings. The Balaban J connectivity index is 1.74. The molecule has 308 valence electrons. The summed E-state index contributed by atoms with van der Waals surface area (Å²) < 4.78 is 0. The van der Waals surface area contributed by atoms with Crippen LogP contribution >= 0.6 is 23.5 Å². The van der Waals surface area contributed by atoms with E-state index < -0.39 is 0 Å². The van der Waals surface area contributed by atoms with E-state index in [0.29, 0.717) is 12.1 Å². The van der Waals surface area contributed by atoms with Crippen LogP contribution in [0.4, 0.5) is 5.95 Å². The van der Waals surface area contributed by atoms with Crippen molar-refractivity contribution in [2.75, 3.05) is 16.4 Å². The summed E-state index contributed by atoms with van der Waals surface area (Å²) in [6, 6.07) is 0.719. The number of rotatable bonds is 27. The first kappa shape index (κ1) is 46.8. The fourth-order valence-electron chi connectivity index (χ4n) is 9.63. The van der Waals surface area contributed by atoms with Crippen LogP contribution in [0.2, 0.25) is 0 Å². The number of unbranched alkanes of at least 4 members (excludes halogenated alkanes) is 18. The zero-order valence-electron chi connectivity index (χ0n) is 36.6. The molecule has 0 spiro atoms. The van der Waals surface area contributed by atoms with Crippen molar-refractivity contribution < 1.29 is 0 Å². The van der Waals surface area contributed by atoms with Gasteiger partial charge in [-0.2, -0.15) is 15.0 Å². The fraction of sp³-hybridized carbons (Fsp3) is 0.933. The summed E-state index contributed by atoms with van der Waals surface area (Å²) in [5.41, 5.74) is 0.150. The Kier molecular flexibility index (Phi) is 20.9. The molecule has 0 saturated carbocycles. The number of thioether (sulfide) groups is 2. The molecular weight excluding hydrogens is 689 g/mol. The van der Waals surface area contributed by atoms with Crippen molar-refractivity contribution in [1.82, 2.24) is 25.6 Å². The van der Waals surface area contributed by atoms with E-state index in [1.807, 2.05) is 23.5 Å². The molecule has 2 fully saturated rings. The Bertz CT molecular complexity index is 1020. The summed E-state index contributed by atoms with van der Waals surface area (Å²) >= 11 is 3.74. The van der Waals surface area contributed by atoms with Gasteiger partial charge >= 0.3 is 0 Å². The van der Waals surface area contributed by atoms with Crippen molar-refractivity contribution in [3.63, 3.8) is 0 Å². The van der Waals surface area contributed by atoms with E-state index in [1.165, 1.54) is 128 Å². The molecule has 1 aromatic heterocycles. The van der Waals surface area contributed by atoms with Crippen LogP contribution in [0, 0.1) is 0 Å². The molecule has 1 aromatic rings. The highest BCUT2D eigenvalue weighted by Crippen LogP contribution is 2.40. The van der Waals surface area contributed by atoms with E-state index in [1.54, 1.807) is 0 Å². The predicted octanol–water partition coefficient (Wildman–Crippen LogP) is 13.3. The average Bonchev–Trinajstić information content (AvgIpc) is 3.03. The zero-order valence-corrected chi connectivity index (χ0v) is 38.3. The lowest BCUT2D eigenvalue weighted by Gasteiger charge is -2.55. The Morgan fingerprint density at radius 1 is 0.453 bits per heavy atom. The molecule has 0 aliphatic carbocycles. The maximum Gasteiger partial charge on any atom is 0.230 e. The normalized spacial score (nSPS) is 19.8. The number of hydrogen-bond acceptors (Lipinski definition) is 8. The molecule has 0 aromatic carbocycles. The third kappa shape index (κ3) is 19.0. The molecular formula is C45H86N6S2. The van der Waals surface area contributed by atoms with Gasteiger partial charge in [-0.15, -0.1) is 0 Å². The molecule has 53 heavy (non-hydrogen) atoms. The van der Waals surface area contributed by atoms with E-state index in [-0.39, 0.29) is 22.2 Å². The zero-order chi connectivity index (χ0) is 38.8. The summed E-state index contributed by atoms with van der Waals surface area (Å²) in [7, 11) is 0. The molecule has 3 heterocycles. The first-order valence-corrected chi connectivity index (χ1v) is 24.5. The Morgan fingerprint density at radius 3 is 1.04 bits per heavy atom. The van der Waals surface area contributed by atoms with Crippen LogP contribution in [0.25, 0.3) is 0 Å². The number of anilines is 1. The van der Waals surface area contributed by atoms with Crippen LogP contribution in [0.15, 0.2) is 10.3 Å². The molecule has 6 nitrogen and oxygen atoms in total. The number of piperidine rings is 2. The van der Waals surface area contributed by atoms with E-state index in [4.69, 9.17) is 15.0 Å². The largest absolute Gasteiger partial charge is 0.334 e. The van der Waals surface area contributed by atoms with Crippen LogP contribution in [-0.2, 0) is 0 Å². The highest BCUT2D eigenvalue weighted by atomic mass is 32.2. The van der Waals surface area contributed by atoms with Gasteiger partial charge in [0.2, 0.25) is 5.95 Å². The monoisotopic (exact) mass is 775 g/mol. The number of nitrogens with zero attached hydrogens (tertiary/aromatic N) is 4. The van der Waals surface area contributed by atoms with Gasteiger partial charge in [-0.1, -0.05) is 153 Å². The third-order valence-electron chi connectivity index (χ3n) is 11.4. The van der Waals surface area contributed by atoms with Crippen LogP contribution in [0.3, 0.4) is 0 Å². The maximum absolute atomic E-state index is 5.38. The molecule has 0 bridgehead atoms. The van der Waals surface area contributed by atoms with Crippen LogP contribution in [0.5, 0.6) is 0 Å². The SMILES string of the molecule is CCCCCCCCCCCCSc1nc(SCCCCCCCCCCCC)nc(N(C2CC(C)(C)NC(C)(C)C2)C2CC(C)(C)NC(C)(C)C2)n1. The lowest BCUT2D eigenvalue weighted by atomic mass is 9.75. The van der Waals surface area contributed by atoms with Crippen LogP contribution in [0.1, 0.15) is 223 Å². The van der Waals surface area contributed by atoms with Gasteiger partial charge in [-0.3, -0.25) is 0 Å². The minimum absolute atomic E-state index is 0.0375. The van der Waals surface area contributed by atoms with Crippen molar-refractivity contribution in [2.24, 2.45) is 0 Å². The van der Waals surface area contributed by atoms with Gasteiger partial charge in [0.1, 0.15) is 0 Å². The van der Waals surface area contributed by atoms with Crippen molar-refractivity contribution in [3.8, 4) is 0 Å². The molecule has 2 aliphatic heterocycles. The second-order valence-corrected chi connectivity index (χ2v) is 21.7. The van der Waals surface area contributed by atoms with E-state index in [2.05, 4.69) is 84.8 Å². The Morgan fingerprint density at radius 2 is 0.736 bits per heavy atom. The van der Waals surface area contributed by atoms with E-state index >= 15 is 0 Å². The predicted molar refractivity (Wildman–Crippen MR) is 236 cm³/mol. The molecule has 2 saturated heterocycles. The Hall–Kier alpha value is -0.570. The van der Waals surface area contributed by atoms with Crippen molar-refractivity contribution >= 4 is 29.5 Å². The molecule has 0 atom stereocenters. The summed E-state index contributed by atoms with van der Waals surface area (Å²) in [6.07, 6.45) is 31.6. The lowest BCUT2D eigenvalue weighted by Crippen LogP contribution is -2.67. The second-order valence-electron chi connectivity index (χ2n) is 19.6. The summed E-state index contributed by atoms with van der Waals surface area (Å²) in [5, 5.41) is 9.77. The Labute approximate surface area is 338 Å². The first-order chi connectivity index (χ1) is 25.1. The van der Waals surface area contributed by atoms with Gasteiger partial charge in [0, 0.05) is 45.7 Å². The third-order valence-corrected chi connectivity index (χ3v) is 13.3. The average molecular weight is 775 g/mol. The molecule has 2 N–H and O–H groups in total.